The van der Waals surface area contributed by atoms with Gasteiger partial charge in [-0.05, 0) is 105 Å². The van der Waals surface area contributed by atoms with Gasteiger partial charge < -0.3 is 9.84 Å². The number of hydrogen-bond acceptors (Lipinski definition) is 2. The first-order chi connectivity index (χ1) is 13.3. The number of ether oxygens (including phenoxy) is 1. The molecule has 28 heavy (non-hydrogen) atoms. The van der Waals surface area contributed by atoms with Crippen LogP contribution in [0, 0.1) is 40.4 Å². The fraction of sp³-hybridized carbons (Fsp3) is 0.923. The van der Waals surface area contributed by atoms with Gasteiger partial charge in [0.1, 0.15) is 0 Å². The van der Waals surface area contributed by atoms with Gasteiger partial charge in [-0.15, -0.1) is 0 Å². The molecule has 0 radical (unpaired) electrons. The molecule has 4 fully saturated rings. The molecule has 3 saturated carbocycles. The zero-order chi connectivity index (χ0) is 19.7. The summed E-state index contributed by atoms with van der Waals surface area (Å²) in [6.07, 6.45) is 16.0. The maximum absolute atomic E-state index is 10.2. The first kappa shape index (κ1) is 19.6. The predicted molar refractivity (Wildman–Crippen MR) is 114 cm³/mol. The summed E-state index contributed by atoms with van der Waals surface area (Å²) >= 11 is 0. The Morgan fingerprint density at radius 1 is 1.11 bits per heavy atom. The van der Waals surface area contributed by atoms with E-state index in [0.29, 0.717) is 23.0 Å². The highest BCUT2D eigenvalue weighted by Crippen LogP contribution is 2.68. The SMILES string of the molecule is CC(C)CC[C@H]1C[C@@H]2[C@@H](CC3[C@H]4CC=C5C[C@@H](O)CC[C@@]5(C)C4CCC32C)O1. The number of aliphatic hydroxyl groups excluding tert-OH is 1. The number of fused-ring (bicyclic) bond motifs is 7. The average molecular weight is 387 g/mol. The van der Waals surface area contributed by atoms with Crippen molar-refractivity contribution in [2.24, 2.45) is 40.4 Å². The van der Waals surface area contributed by atoms with E-state index in [1.54, 1.807) is 5.57 Å². The van der Waals surface area contributed by atoms with Gasteiger partial charge >= 0.3 is 0 Å². The van der Waals surface area contributed by atoms with Crippen molar-refractivity contribution in [2.75, 3.05) is 0 Å². The van der Waals surface area contributed by atoms with Crippen molar-refractivity contribution in [3.8, 4) is 0 Å². The van der Waals surface area contributed by atoms with Gasteiger partial charge in [-0.2, -0.15) is 0 Å². The summed E-state index contributed by atoms with van der Waals surface area (Å²) < 4.78 is 6.67. The van der Waals surface area contributed by atoms with E-state index in [4.69, 9.17) is 4.74 Å². The van der Waals surface area contributed by atoms with E-state index in [1.165, 1.54) is 51.4 Å². The Labute approximate surface area is 172 Å². The van der Waals surface area contributed by atoms with Crippen LogP contribution in [-0.2, 0) is 4.74 Å². The normalized spacial score (nSPS) is 52.6. The van der Waals surface area contributed by atoms with E-state index < -0.39 is 0 Å². The van der Waals surface area contributed by atoms with Crippen molar-refractivity contribution >= 4 is 0 Å². The lowest BCUT2D eigenvalue weighted by atomic mass is 9.47. The Kier molecular flexibility index (Phi) is 4.79. The highest BCUT2D eigenvalue weighted by molar-refractivity contribution is 5.25. The Morgan fingerprint density at radius 3 is 2.71 bits per heavy atom. The van der Waals surface area contributed by atoms with Crippen molar-refractivity contribution in [2.45, 2.75) is 110 Å². The number of allylic oxidation sites excluding steroid dienone is 1. The molecule has 3 unspecified atom stereocenters. The van der Waals surface area contributed by atoms with Crippen LogP contribution in [0.4, 0.5) is 0 Å². The van der Waals surface area contributed by atoms with Gasteiger partial charge in [0.15, 0.2) is 0 Å². The topological polar surface area (TPSA) is 29.5 Å². The summed E-state index contributed by atoms with van der Waals surface area (Å²) in [7, 11) is 0. The van der Waals surface area contributed by atoms with Gasteiger partial charge in [-0.25, -0.2) is 0 Å². The molecule has 5 aliphatic rings. The minimum absolute atomic E-state index is 0.0910. The molecular formula is C26H42O2. The second kappa shape index (κ2) is 6.84. The molecule has 9 atom stereocenters. The van der Waals surface area contributed by atoms with Gasteiger partial charge in [0.25, 0.3) is 0 Å². The molecule has 5 rings (SSSR count). The third-order valence-corrected chi connectivity index (χ3v) is 10.2. The fourth-order valence-electron chi connectivity index (χ4n) is 8.60. The first-order valence-electron chi connectivity index (χ1n) is 12.3. The van der Waals surface area contributed by atoms with Crippen LogP contribution in [0.15, 0.2) is 11.6 Å². The van der Waals surface area contributed by atoms with Gasteiger partial charge in [0.05, 0.1) is 18.3 Å². The van der Waals surface area contributed by atoms with Gasteiger partial charge in [-0.1, -0.05) is 39.3 Å². The van der Waals surface area contributed by atoms with Crippen LogP contribution in [0.25, 0.3) is 0 Å². The fourth-order valence-corrected chi connectivity index (χ4v) is 8.60. The van der Waals surface area contributed by atoms with Crippen molar-refractivity contribution in [3.63, 3.8) is 0 Å². The average Bonchev–Trinajstić information content (AvgIpc) is 3.17. The lowest BCUT2D eigenvalue weighted by Gasteiger charge is -2.58. The highest BCUT2D eigenvalue weighted by atomic mass is 16.5. The molecule has 0 amide bonds. The lowest BCUT2D eigenvalue weighted by Crippen LogP contribution is -2.50. The molecule has 1 aliphatic heterocycles. The van der Waals surface area contributed by atoms with E-state index in [-0.39, 0.29) is 6.10 Å². The van der Waals surface area contributed by atoms with Crippen LogP contribution in [0.1, 0.15) is 91.9 Å². The molecule has 1 heterocycles. The lowest BCUT2D eigenvalue weighted by molar-refractivity contribution is -0.0515. The van der Waals surface area contributed by atoms with E-state index in [1.807, 2.05) is 0 Å². The van der Waals surface area contributed by atoms with Crippen LogP contribution in [-0.4, -0.2) is 23.4 Å². The molecule has 1 N–H and O–H groups in total. The standard InChI is InChI=1S/C26H42O2/c1-16(2)5-7-19-14-23-24(28-19)15-22-20-8-6-17-13-18(27)9-11-25(17,3)21(20)10-12-26(22,23)4/h6,16,18-24,27H,5,7-15H2,1-4H3/t18-,19-,20-,21?,22?,23+,24+,25+,26?/m0/s1. The third kappa shape index (κ3) is 2.88. The molecule has 0 aromatic carbocycles. The van der Waals surface area contributed by atoms with Crippen LogP contribution in [0.3, 0.4) is 0 Å². The van der Waals surface area contributed by atoms with Crippen molar-refractivity contribution in [3.05, 3.63) is 11.6 Å². The second-order valence-electron chi connectivity index (χ2n) is 12.0. The number of aliphatic hydroxyl groups is 1. The van der Waals surface area contributed by atoms with Crippen LogP contribution in [0.2, 0.25) is 0 Å². The van der Waals surface area contributed by atoms with Crippen molar-refractivity contribution < 1.29 is 9.84 Å². The second-order valence-corrected chi connectivity index (χ2v) is 12.0. The van der Waals surface area contributed by atoms with Crippen LogP contribution >= 0.6 is 0 Å². The van der Waals surface area contributed by atoms with Crippen molar-refractivity contribution in [1.29, 1.82) is 0 Å². The summed E-state index contributed by atoms with van der Waals surface area (Å²) in [6, 6.07) is 0. The smallest absolute Gasteiger partial charge is 0.0616 e. The quantitative estimate of drug-likeness (QED) is 0.591. The first-order valence-corrected chi connectivity index (χ1v) is 12.3. The van der Waals surface area contributed by atoms with Gasteiger partial charge in [-0.3, -0.25) is 0 Å². The van der Waals surface area contributed by atoms with E-state index in [2.05, 4.69) is 33.8 Å². The Hall–Kier alpha value is -0.340. The summed E-state index contributed by atoms with van der Waals surface area (Å²) in [5.41, 5.74) is 2.47. The third-order valence-electron chi connectivity index (χ3n) is 10.2. The Morgan fingerprint density at radius 2 is 1.93 bits per heavy atom. The Bertz CT molecular complexity index is 638. The minimum atomic E-state index is -0.0910. The molecule has 0 aromatic rings. The molecular weight excluding hydrogens is 344 g/mol. The molecule has 4 aliphatic carbocycles. The predicted octanol–water partition coefficient (Wildman–Crippen LogP) is 6.13. The molecule has 1 saturated heterocycles. The Balaban J connectivity index is 1.34. The van der Waals surface area contributed by atoms with E-state index in [9.17, 15) is 5.11 Å². The largest absolute Gasteiger partial charge is 0.393 e. The maximum Gasteiger partial charge on any atom is 0.0616 e. The maximum atomic E-state index is 10.2. The molecule has 158 valence electrons. The summed E-state index contributed by atoms with van der Waals surface area (Å²) in [6.45, 7) is 9.85. The number of rotatable bonds is 3. The summed E-state index contributed by atoms with van der Waals surface area (Å²) in [4.78, 5) is 0. The summed E-state index contributed by atoms with van der Waals surface area (Å²) in [5.74, 6) is 4.15. The molecule has 2 nitrogen and oxygen atoms in total. The zero-order valence-corrected chi connectivity index (χ0v) is 18.6. The highest BCUT2D eigenvalue weighted by Gasteiger charge is 2.63. The number of hydrogen-bond donors (Lipinski definition) is 1. The monoisotopic (exact) mass is 386 g/mol. The molecule has 0 aromatic heterocycles. The van der Waals surface area contributed by atoms with Crippen LogP contribution in [0.5, 0.6) is 0 Å². The zero-order valence-electron chi connectivity index (χ0n) is 18.6. The summed E-state index contributed by atoms with van der Waals surface area (Å²) in [5, 5.41) is 10.2. The van der Waals surface area contributed by atoms with E-state index >= 15 is 0 Å². The minimum Gasteiger partial charge on any atom is -0.393 e. The molecule has 0 bridgehead atoms. The van der Waals surface area contributed by atoms with Crippen LogP contribution < -0.4 is 0 Å². The van der Waals surface area contributed by atoms with E-state index in [0.717, 1.165) is 42.4 Å². The molecule has 0 spiro atoms. The van der Waals surface area contributed by atoms with Gasteiger partial charge in [0, 0.05) is 0 Å². The molecule has 2 heteroatoms. The van der Waals surface area contributed by atoms with Crippen molar-refractivity contribution in [1.82, 2.24) is 0 Å². The van der Waals surface area contributed by atoms with Gasteiger partial charge in [0.2, 0.25) is 0 Å².